The number of amides is 2. The molecule has 5 rings (SSSR count). The molecule has 11 heteroatoms. The minimum Gasteiger partial charge on any atom is -0.486 e. The number of imidazole rings is 1. The summed E-state index contributed by atoms with van der Waals surface area (Å²) < 4.78 is 40.2. The Bertz CT molecular complexity index is 1610. The first-order valence-electron chi connectivity index (χ1n) is 12.4. The molecule has 1 aliphatic rings. The highest BCUT2D eigenvalue weighted by Crippen LogP contribution is 2.32. The lowest BCUT2D eigenvalue weighted by molar-refractivity contribution is 0.171. The summed E-state index contributed by atoms with van der Waals surface area (Å²) in [7, 11) is -4.06. The highest BCUT2D eigenvalue weighted by molar-refractivity contribution is 7.90. The van der Waals surface area contributed by atoms with Crippen LogP contribution in [0, 0.1) is 13.8 Å². The molecule has 10 nitrogen and oxygen atoms in total. The molecule has 38 heavy (non-hydrogen) atoms. The van der Waals surface area contributed by atoms with Crippen LogP contribution >= 0.6 is 0 Å². The quantitative estimate of drug-likeness (QED) is 0.370. The van der Waals surface area contributed by atoms with Gasteiger partial charge in [-0.2, -0.15) is 0 Å². The van der Waals surface area contributed by atoms with E-state index in [2.05, 4.69) is 16.8 Å². The molecule has 2 aromatic carbocycles. The van der Waals surface area contributed by atoms with Crippen molar-refractivity contribution in [2.24, 2.45) is 0 Å². The predicted molar refractivity (Wildman–Crippen MR) is 143 cm³/mol. The van der Waals surface area contributed by atoms with E-state index in [0.717, 1.165) is 45.9 Å². The van der Waals surface area contributed by atoms with Gasteiger partial charge in [-0.05, 0) is 61.7 Å². The smallest absolute Gasteiger partial charge is 0.328 e. The summed E-state index contributed by atoms with van der Waals surface area (Å²) in [5.41, 5.74) is 5.73. The molecular weight excluding hydrogens is 506 g/mol. The first-order valence-corrected chi connectivity index (χ1v) is 13.9. The Morgan fingerprint density at radius 2 is 1.74 bits per heavy atom. The SMILES string of the molecule is CCc1nc2c(C)cc(C)nc2n1-c1ccc(CCNC(=O)NS(=O)(=O)c2ccc3c(c2)OCCO3)cc1. The molecule has 0 spiro atoms. The molecule has 0 aliphatic carbocycles. The highest BCUT2D eigenvalue weighted by atomic mass is 32.2. The first-order chi connectivity index (χ1) is 18.2. The number of carbonyl (C=O) groups is 1. The second-order valence-electron chi connectivity index (χ2n) is 9.05. The van der Waals surface area contributed by atoms with Gasteiger partial charge in [0.25, 0.3) is 10.0 Å². The van der Waals surface area contributed by atoms with Crippen LogP contribution in [-0.2, 0) is 22.9 Å². The number of carbonyl (C=O) groups excluding carboxylic acids is 1. The average molecular weight is 536 g/mol. The molecule has 2 N–H and O–H groups in total. The molecule has 198 valence electrons. The Kier molecular flexibility index (Phi) is 6.94. The van der Waals surface area contributed by atoms with Crippen molar-refractivity contribution in [3.8, 4) is 17.2 Å². The molecule has 0 saturated heterocycles. The Morgan fingerprint density at radius 3 is 2.47 bits per heavy atom. The number of rotatable bonds is 7. The molecule has 0 fully saturated rings. The number of fused-ring (bicyclic) bond motifs is 2. The van der Waals surface area contributed by atoms with E-state index in [9.17, 15) is 13.2 Å². The third-order valence-electron chi connectivity index (χ3n) is 6.26. The number of hydrogen-bond donors (Lipinski definition) is 2. The van der Waals surface area contributed by atoms with Gasteiger partial charge in [0.2, 0.25) is 0 Å². The fourth-order valence-electron chi connectivity index (χ4n) is 4.45. The molecule has 0 saturated carbocycles. The van der Waals surface area contributed by atoms with Crippen LogP contribution in [0.1, 0.15) is 29.6 Å². The number of benzene rings is 2. The van der Waals surface area contributed by atoms with Crippen molar-refractivity contribution in [2.45, 2.75) is 38.5 Å². The molecule has 0 radical (unpaired) electrons. The van der Waals surface area contributed by atoms with Crippen molar-refractivity contribution < 1.29 is 22.7 Å². The zero-order chi connectivity index (χ0) is 26.9. The molecule has 1 aliphatic heterocycles. The van der Waals surface area contributed by atoms with E-state index in [-0.39, 0.29) is 11.4 Å². The van der Waals surface area contributed by atoms with E-state index in [0.29, 0.717) is 31.1 Å². The topological polar surface area (TPSA) is 124 Å². The predicted octanol–water partition coefficient (Wildman–Crippen LogP) is 3.60. The Labute approximate surface area is 221 Å². The van der Waals surface area contributed by atoms with Crippen LogP contribution in [0.3, 0.4) is 0 Å². The summed E-state index contributed by atoms with van der Waals surface area (Å²) in [5.74, 6) is 1.74. The zero-order valence-corrected chi connectivity index (χ0v) is 22.3. The van der Waals surface area contributed by atoms with Gasteiger partial charge < -0.3 is 14.8 Å². The molecular formula is C27H29N5O5S. The summed E-state index contributed by atoms with van der Waals surface area (Å²) in [6, 6.07) is 13.4. The minimum atomic E-state index is -4.06. The molecule has 0 bridgehead atoms. The number of aromatic nitrogens is 3. The maximum Gasteiger partial charge on any atom is 0.328 e. The fourth-order valence-corrected chi connectivity index (χ4v) is 5.40. The van der Waals surface area contributed by atoms with E-state index in [4.69, 9.17) is 19.4 Å². The summed E-state index contributed by atoms with van der Waals surface area (Å²) in [6.07, 6.45) is 1.30. The van der Waals surface area contributed by atoms with Gasteiger partial charge >= 0.3 is 6.03 Å². The van der Waals surface area contributed by atoms with Gasteiger partial charge in [0.15, 0.2) is 17.1 Å². The van der Waals surface area contributed by atoms with E-state index in [1.165, 1.54) is 18.2 Å². The van der Waals surface area contributed by atoms with Crippen LogP contribution < -0.4 is 19.5 Å². The second-order valence-corrected chi connectivity index (χ2v) is 10.7. The van der Waals surface area contributed by atoms with E-state index >= 15 is 0 Å². The molecule has 0 unspecified atom stereocenters. The number of ether oxygens (including phenoxy) is 2. The standard InChI is InChI=1S/C27H29N5O5S/c1-4-24-30-25-17(2)15-18(3)29-26(25)32(24)20-7-5-19(6-8-20)11-12-28-27(33)31-38(34,35)21-9-10-22-23(16-21)37-14-13-36-22/h5-10,15-16H,4,11-14H2,1-3H3,(H2,28,31,33). The highest BCUT2D eigenvalue weighted by Gasteiger charge is 2.21. The van der Waals surface area contributed by atoms with Crippen molar-refractivity contribution in [1.29, 1.82) is 0 Å². The van der Waals surface area contributed by atoms with Crippen molar-refractivity contribution in [2.75, 3.05) is 19.8 Å². The molecule has 4 aromatic rings. The lowest BCUT2D eigenvalue weighted by atomic mass is 10.1. The summed E-state index contributed by atoms with van der Waals surface area (Å²) in [6.45, 7) is 7.08. The van der Waals surface area contributed by atoms with E-state index in [1.807, 2.05) is 48.9 Å². The number of aryl methyl sites for hydroxylation is 3. The van der Waals surface area contributed by atoms with Gasteiger partial charge in [0.05, 0.1) is 4.90 Å². The maximum atomic E-state index is 12.6. The largest absolute Gasteiger partial charge is 0.486 e. The number of nitrogens with zero attached hydrogens (tertiary/aromatic N) is 3. The molecule has 2 aromatic heterocycles. The lowest BCUT2D eigenvalue weighted by Crippen LogP contribution is -2.40. The average Bonchev–Trinajstić information content (AvgIpc) is 3.27. The van der Waals surface area contributed by atoms with Gasteiger partial charge in [-0.25, -0.2) is 27.9 Å². The Morgan fingerprint density at radius 1 is 1.00 bits per heavy atom. The van der Waals surface area contributed by atoms with Crippen molar-refractivity contribution >= 4 is 27.2 Å². The third-order valence-corrected chi connectivity index (χ3v) is 7.59. The van der Waals surface area contributed by atoms with Gasteiger partial charge in [0.1, 0.15) is 24.6 Å². The summed E-state index contributed by atoms with van der Waals surface area (Å²) in [4.78, 5) is 21.7. The molecule has 0 atom stereocenters. The fraction of sp³-hybridized carbons (Fsp3) is 0.296. The lowest BCUT2D eigenvalue weighted by Gasteiger charge is -2.18. The van der Waals surface area contributed by atoms with Crippen LogP contribution in [-0.4, -0.2) is 48.7 Å². The van der Waals surface area contributed by atoms with E-state index < -0.39 is 16.1 Å². The normalized spacial score (nSPS) is 12.9. The zero-order valence-electron chi connectivity index (χ0n) is 21.4. The van der Waals surface area contributed by atoms with Crippen molar-refractivity contribution in [3.05, 3.63) is 71.2 Å². The van der Waals surface area contributed by atoms with Crippen molar-refractivity contribution in [3.63, 3.8) is 0 Å². The Hall–Kier alpha value is -4.12. The van der Waals surface area contributed by atoms with Crippen LogP contribution in [0.15, 0.2) is 53.4 Å². The number of hydrogen-bond acceptors (Lipinski definition) is 7. The number of urea groups is 1. The van der Waals surface area contributed by atoms with Crippen LogP contribution in [0.2, 0.25) is 0 Å². The van der Waals surface area contributed by atoms with Crippen molar-refractivity contribution in [1.82, 2.24) is 24.6 Å². The van der Waals surface area contributed by atoms with E-state index in [1.54, 1.807) is 0 Å². The van der Waals surface area contributed by atoms with Crippen LogP contribution in [0.5, 0.6) is 11.5 Å². The minimum absolute atomic E-state index is 0.0779. The molecule has 3 heterocycles. The van der Waals surface area contributed by atoms with Crippen LogP contribution in [0.25, 0.3) is 16.9 Å². The Balaban J connectivity index is 1.21. The number of nitrogens with one attached hydrogen (secondary N) is 2. The van der Waals surface area contributed by atoms with Gasteiger partial charge in [0, 0.05) is 30.4 Å². The second kappa shape index (κ2) is 10.3. The van der Waals surface area contributed by atoms with Gasteiger partial charge in [-0.3, -0.25) is 4.57 Å². The number of sulfonamides is 1. The monoisotopic (exact) mass is 535 g/mol. The maximum absolute atomic E-state index is 12.6. The first kappa shape index (κ1) is 25.5. The molecule has 2 amide bonds. The number of pyridine rings is 1. The van der Waals surface area contributed by atoms with Gasteiger partial charge in [-0.15, -0.1) is 0 Å². The van der Waals surface area contributed by atoms with Gasteiger partial charge in [-0.1, -0.05) is 19.1 Å². The third kappa shape index (κ3) is 5.14. The summed E-state index contributed by atoms with van der Waals surface area (Å²) >= 11 is 0. The summed E-state index contributed by atoms with van der Waals surface area (Å²) in [5, 5.41) is 2.61. The van der Waals surface area contributed by atoms with Crippen LogP contribution in [0.4, 0.5) is 4.79 Å².